The Hall–Kier alpha value is -2.54. The van der Waals surface area contributed by atoms with Crippen molar-refractivity contribution >= 4 is 11.7 Å². The predicted molar refractivity (Wildman–Crippen MR) is 98.6 cm³/mol. The number of carbonyl (C=O) groups excluding carboxylic acids is 1. The highest BCUT2D eigenvalue weighted by molar-refractivity contribution is 5.76. The Bertz CT molecular complexity index is 712. The minimum atomic E-state index is -0.936. The molecule has 138 valence electrons. The van der Waals surface area contributed by atoms with Crippen molar-refractivity contribution in [1.29, 1.82) is 0 Å². The maximum absolute atomic E-state index is 12.4. The maximum Gasteiger partial charge on any atom is 0.222 e. The minimum Gasteiger partial charge on any atom is -0.386 e. The van der Waals surface area contributed by atoms with Crippen molar-refractivity contribution in [2.45, 2.75) is 31.3 Å². The molecule has 0 radical (unpaired) electrons. The number of carbonyl (C=O) groups is 1. The second-order valence-corrected chi connectivity index (χ2v) is 6.92. The quantitative estimate of drug-likeness (QED) is 0.841. The lowest BCUT2D eigenvalue weighted by molar-refractivity contribution is -0.133. The molecule has 1 amide bonds. The fourth-order valence-corrected chi connectivity index (χ4v) is 3.41. The van der Waals surface area contributed by atoms with Gasteiger partial charge in [-0.25, -0.2) is 4.98 Å². The van der Waals surface area contributed by atoms with Gasteiger partial charge in [0.05, 0.1) is 18.3 Å². The fraction of sp³-hybridized carbons (Fsp3) is 0.474. The number of rotatable bonds is 6. The Morgan fingerprint density at radius 2 is 2.15 bits per heavy atom. The van der Waals surface area contributed by atoms with E-state index >= 15 is 0 Å². The Morgan fingerprint density at radius 1 is 1.31 bits per heavy atom. The molecule has 0 unspecified atom stereocenters. The Labute approximate surface area is 153 Å². The van der Waals surface area contributed by atoms with Gasteiger partial charge in [0, 0.05) is 51.3 Å². The van der Waals surface area contributed by atoms with E-state index in [-0.39, 0.29) is 5.91 Å². The molecule has 0 bridgehead atoms. The lowest BCUT2D eigenvalue weighted by atomic mass is 9.92. The molecular formula is C19H25N5O2. The van der Waals surface area contributed by atoms with Crippen molar-refractivity contribution in [1.82, 2.24) is 19.9 Å². The number of pyridine rings is 1. The maximum atomic E-state index is 12.4. The fourth-order valence-electron chi connectivity index (χ4n) is 3.41. The molecule has 26 heavy (non-hydrogen) atoms. The van der Waals surface area contributed by atoms with E-state index in [2.05, 4.69) is 15.0 Å². The van der Waals surface area contributed by atoms with Crippen LogP contribution in [0.15, 0.2) is 43.1 Å². The molecule has 1 N–H and O–H groups in total. The first kappa shape index (κ1) is 18.3. The first-order valence-corrected chi connectivity index (χ1v) is 8.92. The largest absolute Gasteiger partial charge is 0.386 e. The topological polar surface area (TPSA) is 82.5 Å². The van der Waals surface area contributed by atoms with Crippen LogP contribution in [0, 0.1) is 0 Å². The molecule has 7 nitrogen and oxygen atoms in total. The molecule has 2 aromatic rings. The molecule has 2 aromatic heterocycles. The van der Waals surface area contributed by atoms with Gasteiger partial charge in [-0.05, 0) is 30.9 Å². The van der Waals surface area contributed by atoms with Crippen molar-refractivity contribution in [2.75, 3.05) is 31.6 Å². The number of anilines is 1. The van der Waals surface area contributed by atoms with Crippen molar-refractivity contribution in [3.8, 4) is 0 Å². The molecule has 0 aliphatic carbocycles. The molecule has 0 spiro atoms. The lowest BCUT2D eigenvalue weighted by Gasteiger charge is -2.41. The van der Waals surface area contributed by atoms with E-state index in [9.17, 15) is 9.90 Å². The number of likely N-dealkylation sites (N-methyl/N-ethyl adjacent to an activating group) is 1. The van der Waals surface area contributed by atoms with E-state index in [4.69, 9.17) is 0 Å². The first-order valence-electron chi connectivity index (χ1n) is 8.92. The van der Waals surface area contributed by atoms with Crippen LogP contribution in [0.2, 0.25) is 0 Å². The first-order chi connectivity index (χ1) is 12.6. The van der Waals surface area contributed by atoms with Crippen molar-refractivity contribution in [3.05, 3.63) is 48.7 Å². The molecule has 0 aromatic carbocycles. The number of aryl methyl sites for hydroxylation is 1. The monoisotopic (exact) mass is 355 g/mol. The van der Waals surface area contributed by atoms with Crippen LogP contribution in [0.3, 0.4) is 0 Å². The summed E-state index contributed by atoms with van der Waals surface area (Å²) in [6.07, 6.45) is 11.1. The SMILES string of the molecule is CN(C[C@@]1(O)CCCN(c2cnccn2)C1)C(=O)CCc1cccnc1. The van der Waals surface area contributed by atoms with Crippen molar-refractivity contribution in [3.63, 3.8) is 0 Å². The van der Waals surface area contributed by atoms with Gasteiger partial charge in [0.1, 0.15) is 5.82 Å². The third-order valence-electron chi connectivity index (χ3n) is 4.74. The molecule has 0 saturated carbocycles. The van der Waals surface area contributed by atoms with Gasteiger partial charge in [0.25, 0.3) is 0 Å². The van der Waals surface area contributed by atoms with E-state index in [1.165, 1.54) is 0 Å². The molecule has 1 saturated heterocycles. The van der Waals surface area contributed by atoms with Gasteiger partial charge in [-0.1, -0.05) is 6.07 Å². The highest BCUT2D eigenvalue weighted by Crippen LogP contribution is 2.25. The van der Waals surface area contributed by atoms with E-state index in [0.717, 1.165) is 24.3 Å². The van der Waals surface area contributed by atoms with E-state index < -0.39 is 5.60 Å². The van der Waals surface area contributed by atoms with Gasteiger partial charge >= 0.3 is 0 Å². The normalized spacial score (nSPS) is 20.0. The molecule has 1 fully saturated rings. The summed E-state index contributed by atoms with van der Waals surface area (Å²) in [7, 11) is 1.75. The number of nitrogens with zero attached hydrogens (tertiary/aromatic N) is 5. The number of piperidine rings is 1. The van der Waals surface area contributed by atoms with Gasteiger partial charge in [-0.3, -0.25) is 14.8 Å². The van der Waals surface area contributed by atoms with Gasteiger partial charge in [0.2, 0.25) is 5.91 Å². The summed E-state index contributed by atoms with van der Waals surface area (Å²) in [6.45, 7) is 1.60. The molecule has 3 heterocycles. The third-order valence-corrected chi connectivity index (χ3v) is 4.74. The number of amides is 1. The molecular weight excluding hydrogens is 330 g/mol. The Morgan fingerprint density at radius 3 is 2.88 bits per heavy atom. The second kappa shape index (κ2) is 8.23. The van der Waals surface area contributed by atoms with Crippen LogP contribution in [0.25, 0.3) is 0 Å². The van der Waals surface area contributed by atoms with Gasteiger partial charge in [-0.15, -0.1) is 0 Å². The second-order valence-electron chi connectivity index (χ2n) is 6.92. The van der Waals surface area contributed by atoms with E-state index in [0.29, 0.717) is 32.4 Å². The van der Waals surface area contributed by atoms with E-state index in [1.54, 1.807) is 42.9 Å². The van der Waals surface area contributed by atoms with Crippen molar-refractivity contribution < 1.29 is 9.90 Å². The number of hydrogen-bond donors (Lipinski definition) is 1. The molecule has 1 aliphatic heterocycles. The smallest absolute Gasteiger partial charge is 0.222 e. The molecule has 7 heteroatoms. The van der Waals surface area contributed by atoms with Crippen molar-refractivity contribution in [2.24, 2.45) is 0 Å². The zero-order chi connectivity index (χ0) is 18.4. The van der Waals surface area contributed by atoms with Gasteiger partial charge in [-0.2, -0.15) is 0 Å². The molecule has 3 rings (SSSR count). The zero-order valence-electron chi connectivity index (χ0n) is 15.1. The van der Waals surface area contributed by atoms with Crippen LogP contribution in [-0.2, 0) is 11.2 Å². The number of hydrogen-bond acceptors (Lipinski definition) is 6. The third kappa shape index (κ3) is 4.76. The molecule has 1 aliphatic rings. The highest BCUT2D eigenvalue weighted by atomic mass is 16.3. The summed E-state index contributed by atoms with van der Waals surface area (Å²) < 4.78 is 0. The van der Waals surface area contributed by atoms with Gasteiger partial charge in [0.15, 0.2) is 0 Å². The summed E-state index contributed by atoms with van der Waals surface area (Å²) >= 11 is 0. The van der Waals surface area contributed by atoms with Crippen LogP contribution in [0.5, 0.6) is 0 Å². The Balaban J connectivity index is 1.55. The van der Waals surface area contributed by atoms with Crippen LogP contribution < -0.4 is 4.90 Å². The summed E-state index contributed by atoms with van der Waals surface area (Å²) in [5, 5.41) is 11.0. The van der Waals surface area contributed by atoms with Crippen LogP contribution in [0.1, 0.15) is 24.8 Å². The standard InChI is InChI=1S/C19H25N5O2/c1-23(18(25)6-5-16-4-2-8-20-12-16)14-19(26)7-3-11-24(15-19)17-13-21-9-10-22-17/h2,4,8-10,12-13,26H,3,5-7,11,14-15H2,1H3/t19-/m0/s1. The van der Waals surface area contributed by atoms with Crippen LogP contribution >= 0.6 is 0 Å². The number of β-amino-alcohol motifs (C(OH)–C–C–N with tert-alkyl or cyclic N) is 1. The number of aliphatic hydroxyl groups is 1. The average molecular weight is 355 g/mol. The zero-order valence-corrected chi connectivity index (χ0v) is 15.1. The highest BCUT2D eigenvalue weighted by Gasteiger charge is 2.35. The van der Waals surface area contributed by atoms with Gasteiger partial charge < -0.3 is 14.9 Å². The molecule has 1 atom stereocenters. The summed E-state index contributed by atoms with van der Waals surface area (Å²) in [5.74, 6) is 0.787. The Kier molecular flexibility index (Phi) is 5.78. The van der Waals surface area contributed by atoms with Crippen LogP contribution in [-0.4, -0.2) is 63.1 Å². The lowest BCUT2D eigenvalue weighted by Crippen LogP contribution is -2.55. The summed E-state index contributed by atoms with van der Waals surface area (Å²) in [5.41, 5.74) is 0.105. The minimum absolute atomic E-state index is 0.0268. The number of aromatic nitrogens is 3. The summed E-state index contributed by atoms with van der Waals surface area (Å²) in [6, 6.07) is 3.84. The predicted octanol–water partition coefficient (Wildman–Crippen LogP) is 1.29. The van der Waals surface area contributed by atoms with Crippen LogP contribution in [0.4, 0.5) is 5.82 Å². The average Bonchev–Trinajstić information content (AvgIpc) is 2.67. The summed E-state index contributed by atoms with van der Waals surface area (Å²) in [4.78, 5) is 28.6. The van der Waals surface area contributed by atoms with E-state index in [1.807, 2.05) is 17.0 Å².